The van der Waals surface area contributed by atoms with Crippen LogP contribution in [-0.2, 0) is 0 Å². The van der Waals surface area contributed by atoms with Crippen LogP contribution in [0.3, 0.4) is 0 Å². The van der Waals surface area contributed by atoms with Crippen molar-refractivity contribution in [2.45, 2.75) is 13.8 Å². The number of pyridine rings is 1. The number of nitriles is 1. The first kappa shape index (κ1) is 15.8. The minimum Gasteiger partial charge on any atom is -0.367 e. The number of aryl methyl sites for hydroxylation is 2. The van der Waals surface area contributed by atoms with Crippen LogP contribution in [0.2, 0.25) is 0 Å². The number of aromatic nitrogens is 1. The largest absolute Gasteiger partial charge is 0.367 e. The molecule has 0 atom stereocenters. The van der Waals surface area contributed by atoms with E-state index in [9.17, 15) is 5.26 Å². The van der Waals surface area contributed by atoms with Crippen molar-refractivity contribution in [3.63, 3.8) is 0 Å². The van der Waals surface area contributed by atoms with E-state index in [1.165, 1.54) is 5.69 Å². The average Bonchev–Trinajstić information content (AvgIpc) is 2.58. The number of anilines is 2. The zero-order valence-electron chi connectivity index (χ0n) is 13.4. The monoisotopic (exact) mass is 370 g/mol. The predicted molar refractivity (Wildman–Crippen MR) is 97.0 cm³/mol. The van der Waals surface area contributed by atoms with Gasteiger partial charge < -0.3 is 9.80 Å². The molecule has 0 aliphatic carbocycles. The lowest BCUT2D eigenvalue weighted by molar-refractivity contribution is 0.650. The van der Waals surface area contributed by atoms with Crippen LogP contribution in [0.5, 0.6) is 0 Å². The van der Waals surface area contributed by atoms with Crippen LogP contribution < -0.4 is 9.80 Å². The fourth-order valence-corrected chi connectivity index (χ4v) is 3.35. The molecule has 1 aliphatic heterocycles. The van der Waals surface area contributed by atoms with E-state index >= 15 is 0 Å². The Bertz CT molecular complexity index is 758. The Morgan fingerprint density at radius 3 is 2.26 bits per heavy atom. The van der Waals surface area contributed by atoms with Gasteiger partial charge in [-0.25, -0.2) is 0 Å². The number of halogens is 1. The molecular weight excluding hydrogens is 352 g/mol. The molecule has 1 aromatic heterocycles. The van der Waals surface area contributed by atoms with Crippen molar-refractivity contribution in [2.24, 2.45) is 0 Å². The average molecular weight is 371 g/mol. The van der Waals surface area contributed by atoms with Crippen molar-refractivity contribution < 1.29 is 0 Å². The SMILES string of the molecule is Cc1nc(C)c(N2CCN(c3ccccc3C#N)CC2)cc1Br. The zero-order valence-corrected chi connectivity index (χ0v) is 15.0. The van der Waals surface area contributed by atoms with Crippen LogP contribution in [0.4, 0.5) is 11.4 Å². The molecule has 3 rings (SSSR count). The van der Waals surface area contributed by atoms with E-state index in [0.717, 1.165) is 53.3 Å². The summed E-state index contributed by atoms with van der Waals surface area (Å²) in [6, 6.07) is 12.3. The van der Waals surface area contributed by atoms with Crippen LogP contribution in [0, 0.1) is 25.2 Å². The molecule has 0 saturated carbocycles. The Morgan fingerprint density at radius 1 is 1.00 bits per heavy atom. The highest BCUT2D eigenvalue weighted by Gasteiger charge is 2.21. The quantitative estimate of drug-likeness (QED) is 0.808. The minimum atomic E-state index is 0.747. The lowest BCUT2D eigenvalue weighted by Crippen LogP contribution is -2.47. The summed E-state index contributed by atoms with van der Waals surface area (Å²) >= 11 is 3.58. The molecular formula is C18H19BrN4. The Morgan fingerprint density at radius 2 is 1.61 bits per heavy atom. The van der Waals surface area contributed by atoms with Crippen LogP contribution in [0.25, 0.3) is 0 Å². The first-order valence-corrected chi connectivity index (χ1v) is 8.52. The van der Waals surface area contributed by atoms with E-state index < -0.39 is 0 Å². The maximum atomic E-state index is 9.27. The van der Waals surface area contributed by atoms with Gasteiger partial charge in [-0.1, -0.05) is 12.1 Å². The van der Waals surface area contributed by atoms with Crippen molar-refractivity contribution in [1.29, 1.82) is 5.26 Å². The predicted octanol–water partition coefficient (Wildman–Crippen LogP) is 3.66. The van der Waals surface area contributed by atoms with Gasteiger partial charge >= 0.3 is 0 Å². The van der Waals surface area contributed by atoms with Crippen molar-refractivity contribution in [3.05, 3.63) is 51.8 Å². The number of hydrogen-bond donors (Lipinski definition) is 0. The zero-order chi connectivity index (χ0) is 16.4. The van der Waals surface area contributed by atoms with Crippen molar-refractivity contribution in [3.8, 4) is 6.07 Å². The number of para-hydroxylation sites is 1. The van der Waals surface area contributed by atoms with E-state index in [0.29, 0.717) is 0 Å². The summed E-state index contributed by atoms with van der Waals surface area (Å²) in [5, 5.41) is 9.27. The Labute approximate surface area is 145 Å². The molecule has 2 aromatic rings. The number of hydrogen-bond acceptors (Lipinski definition) is 4. The van der Waals surface area contributed by atoms with E-state index in [-0.39, 0.29) is 0 Å². The molecule has 5 heteroatoms. The summed E-state index contributed by atoms with van der Waals surface area (Å²) in [5.41, 5.74) is 5.06. The fraction of sp³-hybridized carbons (Fsp3) is 0.333. The van der Waals surface area contributed by atoms with E-state index in [2.05, 4.69) is 49.8 Å². The molecule has 4 nitrogen and oxygen atoms in total. The topological polar surface area (TPSA) is 43.2 Å². The van der Waals surface area contributed by atoms with Gasteiger partial charge in [0.05, 0.1) is 28.3 Å². The molecule has 0 bridgehead atoms. The third-order valence-electron chi connectivity index (χ3n) is 4.30. The maximum Gasteiger partial charge on any atom is 0.101 e. The Balaban J connectivity index is 1.77. The highest BCUT2D eigenvalue weighted by atomic mass is 79.9. The molecule has 0 unspecified atom stereocenters. The van der Waals surface area contributed by atoms with E-state index in [1.807, 2.05) is 31.2 Å². The molecule has 0 spiro atoms. The second-order valence-electron chi connectivity index (χ2n) is 5.76. The third kappa shape index (κ3) is 3.18. The molecule has 0 amide bonds. The summed E-state index contributed by atoms with van der Waals surface area (Å²) in [6.45, 7) is 7.74. The number of nitrogens with zero attached hydrogens (tertiary/aromatic N) is 4. The second kappa shape index (κ2) is 6.59. The molecule has 23 heavy (non-hydrogen) atoms. The fourth-order valence-electron chi connectivity index (χ4n) is 3.04. The van der Waals surface area contributed by atoms with Crippen LogP contribution in [0.15, 0.2) is 34.8 Å². The normalized spacial score (nSPS) is 14.7. The van der Waals surface area contributed by atoms with E-state index in [1.54, 1.807) is 0 Å². The molecule has 118 valence electrons. The van der Waals surface area contributed by atoms with Gasteiger partial charge in [-0.15, -0.1) is 0 Å². The smallest absolute Gasteiger partial charge is 0.101 e. The summed E-state index contributed by atoms with van der Waals surface area (Å²) < 4.78 is 1.05. The second-order valence-corrected chi connectivity index (χ2v) is 6.62. The standard InChI is InChI=1S/C18H19BrN4/c1-13-16(19)11-18(14(2)21-13)23-9-7-22(8-10-23)17-6-4-3-5-15(17)12-20/h3-6,11H,7-10H2,1-2H3. The van der Waals surface area contributed by atoms with Crippen LogP contribution in [-0.4, -0.2) is 31.2 Å². The van der Waals surface area contributed by atoms with Crippen LogP contribution in [0.1, 0.15) is 17.0 Å². The molecule has 0 N–H and O–H groups in total. The first-order chi connectivity index (χ1) is 11.1. The van der Waals surface area contributed by atoms with Crippen molar-refractivity contribution in [1.82, 2.24) is 4.98 Å². The van der Waals surface area contributed by atoms with Gasteiger partial charge in [-0.3, -0.25) is 4.98 Å². The Hall–Kier alpha value is -2.06. The molecule has 1 fully saturated rings. The summed E-state index contributed by atoms with van der Waals surface area (Å²) in [5.74, 6) is 0. The number of rotatable bonds is 2. The first-order valence-electron chi connectivity index (χ1n) is 7.73. The summed E-state index contributed by atoms with van der Waals surface area (Å²) in [6.07, 6.45) is 0. The molecule has 1 saturated heterocycles. The number of benzene rings is 1. The van der Waals surface area contributed by atoms with Crippen LogP contribution >= 0.6 is 15.9 Å². The van der Waals surface area contributed by atoms with Crippen molar-refractivity contribution >= 4 is 27.3 Å². The van der Waals surface area contributed by atoms with Crippen molar-refractivity contribution in [2.75, 3.05) is 36.0 Å². The van der Waals surface area contributed by atoms with Gasteiger partial charge in [-0.05, 0) is 48.0 Å². The molecule has 1 aliphatic rings. The van der Waals surface area contributed by atoms with E-state index in [4.69, 9.17) is 0 Å². The maximum absolute atomic E-state index is 9.27. The lowest BCUT2D eigenvalue weighted by atomic mass is 10.1. The highest BCUT2D eigenvalue weighted by Crippen LogP contribution is 2.28. The molecule has 2 heterocycles. The van der Waals surface area contributed by atoms with Gasteiger partial charge in [0.25, 0.3) is 0 Å². The van der Waals surface area contributed by atoms with Gasteiger partial charge in [0.2, 0.25) is 0 Å². The van der Waals surface area contributed by atoms with Gasteiger partial charge in [-0.2, -0.15) is 5.26 Å². The minimum absolute atomic E-state index is 0.747. The summed E-state index contributed by atoms with van der Waals surface area (Å²) in [4.78, 5) is 9.27. The summed E-state index contributed by atoms with van der Waals surface area (Å²) in [7, 11) is 0. The lowest BCUT2D eigenvalue weighted by Gasteiger charge is -2.38. The van der Waals surface area contributed by atoms with Gasteiger partial charge in [0, 0.05) is 30.7 Å². The number of piperazine rings is 1. The molecule has 1 aromatic carbocycles. The van der Waals surface area contributed by atoms with Gasteiger partial charge in [0.15, 0.2) is 0 Å². The third-order valence-corrected chi connectivity index (χ3v) is 5.10. The highest BCUT2D eigenvalue weighted by molar-refractivity contribution is 9.10. The Kier molecular flexibility index (Phi) is 4.53. The molecule has 0 radical (unpaired) electrons. The van der Waals surface area contributed by atoms with Gasteiger partial charge in [0.1, 0.15) is 6.07 Å².